The number of nitrogens with zero attached hydrogens (tertiary/aromatic N) is 1. The Balaban J connectivity index is 0.000000361. The molecule has 316 valence electrons. The first-order chi connectivity index (χ1) is 26.5. The molecule has 8 nitrogen and oxygen atoms in total. The summed E-state index contributed by atoms with van der Waals surface area (Å²) in [6, 6.07) is 14.1. The average molecular weight is 867 g/mol. The number of hydrogen-bond acceptors (Lipinski definition) is 8. The van der Waals surface area contributed by atoms with Gasteiger partial charge in [-0.25, -0.2) is 4.90 Å². The highest BCUT2D eigenvalue weighted by Crippen LogP contribution is 2.41. The van der Waals surface area contributed by atoms with Crippen LogP contribution >= 0.6 is 35.1 Å². The van der Waals surface area contributed by atoms with Crippen molar-refractivity contribution in [3.8, 4) is 0 Å². The fraction of sp³-hybridized carbons (Fsp3) is 0.500. The minimum Gasteiger partial charge on any atom is -0.487 e. The molecular weight excluding hydrogens is 818 g/mol. The standard InChI is InChI=1S/C20H24F3NO3S.C18H22F3NO2S.C2H3ClO/c1-12(2)11-13(3)15-7-5-6-8-16(15)24(14(4)25)19(26)17-18(20(21,22)23)27-9-10-28-17;1-11(2)10-12(3)13-6-4-5-7-14(13)22-17(23)15-16(18(19,20)21)24-8-9-25-15;1-2(3)4/h5-8,12-13H,9-11H2,1-4H3;4-7,11-12H,8-10H2,1-3H3,(H,22,23);1H3. The zero-order valence-corrected chi connectivity index (χ0v) is 35.4. The number of carbonyl (C=O) groups is 4. The average Bonchev–Trinajstić information content (AvgIpc) is 3.10. The van der Waals surface area contributed by atoms with Crippen molar-refractivity contribution < 1.29 is 55.0 Å². The van der Waals surface area contributed by atoms with Gasteiger partial charge in [0.05, 0.1) is 18.9 Å². The predicted molar refractivity (Wildman–Crippen MR) is 215 cm³/mol. The highest BCUT2D eigenvalue weighted by molar-refractivity contribution is 8.04. The maximum Gasteiger partial charge on any atom is 0.450 e. The Labute approximate surface area is 343 Å². The van der Waals surface area contributed by atoms with Crippen LogP contribution in [-0.4, -0.2) is 60.0 Å². The van der Waals surface area contributed by atoms with Gasteiger partial charge >= 0.3 is 12.4 Å². The third-order valence-corrected chi connectivity index (χ3v) is 10.1. The number of nitrogens with one attached hydrogen (secondary N) is 1. The van der Waals surface area contributed by atoms with Crippen LogP contribution in [0.4, 0.5) is 37.7 Å². The van der Waals surface area contributed by atoms with Crippen molar-refractivity contribution in [2.45, 2.75) is 92.4 Å². The molecule has 0 aromatic heterocycles. The summed E-state index contributed by atoms with van der Waals surface area (Å²) < 4.78 is 88.6. The lowest BCUT2D eigenvalue weighted by Gasteiger charge is -2.28. The van der Waals surface area contributed by atoms with Gasteiger partial charge in [0.15, 0.2) is 0 Å². The summed E-state index contributed by atoms with van der Waals surface area (Å²) in [6.45, 7) is 14.6. The lowest BCUT2D eigenvalue weighted by Crippen LogP contribution is -2.39. The first-order valence-electron chi connectivity index (χ1n) is 18.1. The van der Waals surface area contributed by atoms with Gasteiger partial charge in [-0.15, -0.1) is 23.5 Å². The zero-order valence-electron chi connectivity index (χ0n) is 33.0. The van der Waals surface area contributed by atoms with E-state index in [2.05, 4.69) is 44.6 Å². The molecule has 2 aliphatic heterocycles. The third kappa shape index (κ3) is 15.6. The van der Waals surface area contributed by atoms with Crippen LogP contribution < -0.4 is 10.2 Å². The largest absolute Gasteiger partial charge is 0.487 e. The van der Waals surface area contributed by atoms with E-state index in [1.807, 2.05) is 26.0 Å². The Morgan fingerprint density at radius 1 is 0.719 bits per heavy atom. The number of halogens is 7. The van der Waals surface area contributed by atoms with E-state index >= 15 is 0 Å². The van der Waals surface area contributed by atoms with E-state index in [-0.39, 0.29) is 36.0 Å². The molecular formula is C40H49ClF6N2O6S2. The van der Waals surface area contributed by atoms with Crippen molar-refractivity contribution in [2.75, 3.05) is 34.9 Å². The smallest absolute Gasteiger partial charge is 0.450 e. The fourth-order valence-electron chi connectivity index (χ4n) is 6.11. The van der Waals surface area contributed by atoms with Gasteiger partial charge in [-0.2, -0.15) is 26.3 Å². The maximum absolute atomic E-state index is 13.3. The van der Waals surface area contributed by atoms with E-state index in [4.69, 9.17) is 9.47 Å². The monoisotopic (exact) mass is 866 g/mol. The summed E-state index contributed by atoms with van der Waals surface area (Å²) in [6.07, 6.45) is -7.75. The van der Waals surface area contributed by atoms with Gasteiger partial charge in [0.25, 0.3) is 11.8 Å². The molecule has 0 bridgehead atoms. The van der Waals surface area contributed by atoms with Crippen LogP contribution in [0.15, 0.2) is 69.9 Å². The Morgan fingerprint density at radius 3 is 1.61 bits per heavy atom. The number of anilines is 2. The van der Waals surface area contributed by atoms with Gasteiger partial charge in [-0.1, -0.05) is 77.9 Å². The lowest BCUT2D eigenvalue weighted by atomic mass is 9.90. The topological polar surface area (TPSA) is 102 Å². The molecule has 57 heavy (non-hydrogen) atoms. The van der Waals surface area contributed by atoms with Crippen molar-refractivity contribution >= 4 is 69.5 Å². The molecule has 0 aliphatic carbocycles. The molecule has 0 saturated carbocycles. The zero-order chi connectivity index (χ0) is 43.2. The number of alkyl halides is 6. The Hall–Kier alpha value is -3.63. The number of thioether (sulfide) groups is 2. The summed E-state index contributed by atoms with van der Waals surface area (Å²) in [5, 5.41) is 2.28. The summed E-state index contributed by atoms with van der Waals surface area (Å²) in [7, 11) is 0. The van der Waals surface area contributed by atoms with E-state index in [0.29, 0.717) is 29.0 Å². The van der Waals surface area contributed by atoms with Crippen molar-refractivity contribution in [1.82, 2.24) is 0 Å². The van der Waals surface area contributed by atoms with Crippen LogP contribution in [0.2, 0.25) is 0 Å². The lowest BCUT2D eigenvalue weighted by molar-refractivity contribution is -0.135. The SMILES string of the molecule is CC(=O)Cl.CC(=O)N(C(=O)C1=C(C(F)(F)F)OCCS1)c1ccccc1C(C)CC(C)C.CC(C)CC(C)c1ccccc1NC(=O)C1=C(C(F)(F)F)OCCS1. The molecule has 4 rings (SSSR count). The summed E-state index contributed by atoms with van der Waals surface area (Å²) in [5.74, 6) is -3.37. The van der Waals surface area contributed by atoms with E-state index in [0.717, 1.165) is 52.4 Å². The first-order valence-corrected chi connectivity index (χ1v) is 20.5. The van der Waals surface area contributed by atoms with Crippen molar-refractivity contribution in [3.05, 3.63) is 81.0 Å². The van der Waals surface area contributed by atoms with Crippen LogP contribution in [0.25, 0.3) is 0 Å². The van der Waals surface area contributed by atoms with Crippen molar-refractivity contribution in [2.24, 2.45) is 11.8 Å². The molecule has 2 heterocycles. The Bertz CT molecular complexity index is 1780. The van der Waals surface area contributed by atoms with Gasteiger partial charge < -0.3 is 14.8 Å². The quantitative estimate of drug-likeness (QED) is 0.186. The fourth-order valence-corrected chi connectivity index (χ4v) is 7.85. The molecule has 0 radical (unpaired) electrons. The molecule has 3 amide bonds. The second kappa shape index (κ2) is 22.5. The summed E-state index contributed by atoms with van der Waals surface area (Å²) in [5.41, 5.74) is 2.52. The molecule has 2 aliphatic rings. The molecule has 2 aromatic rings. The number of allylic oxidation sites excluding steroid dienone is 2. The number of carbonyl (C=O) groups excluding carboxylic acids is 4. The van der Waals surface area contributed by atoms with Crippen LogP contribution in [0.3, 0.4) is 0 Å². The minimum atomic E-state index is -4.80. The van der Waals surface area contributed by atoms with Crippen molar-refractivity contribution in [1.29, 1.82) is 0 Å². The minimum absolute atomic E-state index is 0.0252. The van der Waals surface area contributed by atoms with Gasteiger partial charge in [0.2, 0.25) is 22.7 Å². The molecule has 17 heteroatoms. The van der Waals surface area contributed by atoms with Crippen molar-refractivity contribution in [3.63, 3.8) is 0 Å². The molecule has 0 fully saturated rings. The second-order valence-corrected chi connectivity index (χ2v) is 16.7. The number of ether oxygens (including phenoxy) is 2. The maximum atomic E-state index is 13.3. The number of hydrogen-bond donors (Lipinski definition) is 1. The highest BCUT2D eigenvalue weighted by atomic mass is 35.5. The second-order valence-electron chi connectivity index (χ2n) is 14.0. The molecule has 2 aromatic carbocycles. The Kier molecular flexibility index (Phi) is 19.5. The van der Waals surface area contributed by atoms with E-state index in [9.17, 15) is 45.5 Å². The summed E-state index contributed by atoms with van der Waals surface area (Å²) >= 11 is 6.27. The number of imide groups is 1. The number of amides is 3. The van der Waals surface area contributed by atoms with Crippen LogP contribution in [0, 0.1) is 11.8 Å². The van der Waals surface area contributed by atoms with Gasteiger partial charge in [0.1, 0.15) is 9.81 Å². The first kappa shape index (κ1) is 49.5. The number of benzene rings is 2. The van der Waals surface area contributed by atoms with Crippen LogP contribution in [0.1, 0.15) is 91.2 Å². The molecule has 0 saturated heterocycles. The van der Waals surface area contributed by atoms with Gasteiger partial charge in [-0.05, 0) is 71.4 Å². The molecule has 2 atom stereocenters. The summed E-state index contributed by atoms with van der Waals surface area (Å²) in [4.78, 5) is 46.9. The normalized spacial score (nSPS) is 15.6. The van der Waals surface area contributed by atoms with E-state index in [1.165, 1.54) is 13.8 Å². The van der Waals surface area contributed by atoms with Crippen LogP contribution in [0.5, 0.6) is 0 Å². The Morgan fingerprint density at radius 2 is 1.14 bits per heavy atom. The molecule has 1 N–H and O–H groups in total. The number of para-hydroxylation sites is 2. The highest BCUT2D eigenvalue weighted by Gasteiger charge is 2.44. The van der Waals surface area contributed by atoms with Gasteiger partial charge in [-0.3, -0.25) is 19.2 Å². The van der Waals surface area contributed by atoms with Gasteiger partial charge in [0, 0.05) is 31.0 Å². The number of rotatable bonds is 10. The van der Waals surface area contributed by atoms with Crippen LogP contribution in [-0.2, 0) is 28.7 Å². The predicted octanol–water partition coefficient (Wildman–Crippen LogP) is 11.3. The third-order valence-electron chi connectivity index (χ3n) is 8.10. The molecule has 2 unspecified atom stereocenters. The van der Waals surface area contributed by atoms with E-state index in [1.54, 1.807) is 36.4 Å². The van der Waals surface area contributed by atoms with E-state index < -0.39 is 51.4 Å². The molecule has 0 spiro atoms.